The maximum Gasteiger partial charge on any atom is 0.410 e. The zero-order valence-electron chi connectivity index (χ0n) is 12.4. The van der Waals surface area contributed by atoms with E-state index in [1.54, 1.807) is 4.90 Å². The summed E-state index contributed by atoms with van der Waals surface area (Å²) in [6.45, 7) is 6.81. The molecule has 1 aromatic carbocycles. The minimum absolute atomic E-state index is 0.0740. The molecule has 1 saturated heterocycles. The largest absolute Gasteiger partial charge is 0.444 e. The van der Waals surface area contributed by atoms with Gasteiger partial charge in [-0.3, -0.25) is 0 Å². The standard InChI is InChI=1S/C16H23NO3/c1-16(2,3)20-15(19)17-9-13(11-18)14(10-17)12-7-5-4-6-8-12/h4-8,13-14,18H,9-11H2,1-3H3/t13-,14-/m0/s1. The molecule has 0 radical (unpaired) electrons. The van der Waals surface area contributed by atoms with Crippen molar-refractivity contribution in [1.82, 2.24) is 4.90 Å². The van der Waals surface area contributed by atoms with Crippen LogP contribution in [0, 0.1) is 5.92 Å². The number of aliphatic hydroxyl groups excluding tert-OH is 1. The molecule has 1 amide bonds. The summed E-state index contributed by atoms with van der Waals surface area (Å²) in [4.78, 5) is 13.8. The van der Waals surface area contributed by atoms with Crippen molar-refractivity contribution in [2.75, 3.05) is 19.7 Å². The van der Waals surface area contributed by atoms with Gasteiger partial charge in [-0.2, -0.15) is 0 Å². The summed E-state index contributed by atoms with van der Waals surface area (Å²) in [5, 5.41) is 9.55. The number of carbonyl (C=O) groups is 1. The minimum atomic E-state index is -0.489. The molecule has 20 heavy (non-hydrogen) atoms. The van der Waals surface area contributed by atoms with Crippen LogP contribution in [0.3, 0.4) is 0 Å². The van der Waals surface area contributed by atoms with Crippen LogP contribution in [0.15, 0.2) is 30.3 Å². The Labute approximate surface area is 120 Å². The first-order chi connectivity index (χ1) is 9.40. The van der Waals surface area contributed by atoms with E-state index >= 15 is 0 Å². The zero-order chi connectivity index (χ0) is 14.8. The highest BCUT2D eigenvalue weighted by Gasteiger charge is 2.37. The summed E-state index contributed by atoms with van der Waals surface area (Å²) < 4.78 is 5.40. The van der Waals surface area contributed by atoms with Crippen molar-refractivity contribution in [3.05, 3.63) is 35.9 Å². The van der Waals surface area contributed by atoms with Crippen LogP contribution in [-0.4, -0.2) is 41.4 Å². The van der Waals surface area contributed by atoms with Gasteiger partial charge in [-0.15, -0.1) is 0 Å². The van der Waals surface area contributed by atoms with Gasteiger partial charge in [-0.05, 0) is 26.3 Å². The first-order valence-electron chi connectivity index (χ1n) is 7.04. The predicted octanol–water partition coefficient (Wildman–Crippen LogP) is 2.63. The first kappa shape index (κ1) is 14.9. The second-order valence-electron chi connectivity index (χ2n) is 6.35. The lowest BCUT2D eigenvalue weighted by Crippen LogP contribution is -2.35. The van der Waals surface area contributed by atoms with Crippen molar-refractivity contribution < 1.29 is 14.6 Å². The molecule has 1 aliphatic rings. The third kappa shape index (κ3) is 3.51. The van der Waals surface area contributed by atoms with E-state index in [9.17, 15) is 9.90 Å². The first-order valence-corrected chi connectivity index (χ1v) is 7.04. The third-order valence-corrected chi connectivity index (χ3v) is 3.55. The number of ether oxygens (including phenoxy) is 1. The number of rotatable bonds is 2. The van der Waals surface area contributed by atoms with Gasteiger partial charge in [0.2, 0.25) is 0 Å². The maximum absolute atomic E-state index is 12.1. The molecule has 2 atom stereocenters. The van der Waals surface area contributed by atoms with Gasteiger partial charge in [-0.1, -0.05) is 30.3 Å². The summed E-state index contributed by atoms with van der Waals surface area (Å²) in [6.07, 6.45) is -0.297. The molecule has 4 nitrogen and oxygen atoms in total. The van der Waals surface area contributed by atoms with Gasteiger partial charge in [0.05, 0.1) is 0 Å². The predicted molar refractivity (Wildman–Crippen MR) is 77.6 cm³/mol. The van der Waals surface area contributed by atoms with Crippen molar-refractivity contribution in [3.63, 3.8) is 0 Å². The molecule has 1 N–H and O–H groups in total. The van der Waals surface area contributed by atoms with Gasteiger partial charge in [0.15, 0.2) is 0 Å². The van der Waals surface area contributed by atoms with E-state index in [0.717, 1.165) is 5.56 Å². The lowest BCUT2D eigenvalue weighted by atomic mass is 9.90. The van der Waals surface area contributed by atoms with Gasteiger partial charge in [0.1, 0.15) is 5.60 Å². The number of likely N-dealkylation sites (tertiary alicyclic amines) is 1. The Balaban J connectivity index is 2.08. The Bertz CT molecular complexity index is 453. The Morgan fingerprint density at radius 2 is 1.95 bits per heavy atom. The molecule has 0 spiro atoms. The molecule has 0 unspecified atom stereocenters. The number of aliphatic hydroxyl groups is 1. The van der Waals surface area contributed by atoms with Crippen LogP contribution in [0.5, 0.6) is 0 Å². The number of hydrogen-bond acceptors (Lipinski definition) is 3. The summed E-state index contributed by atoms with van der Waals surface area (Å²) in [5.74, 6) is 0.249. The highest BCUT2D eigenvalue weighted by molar-refractivity contribution is 5.68. The number of hydrogen-bond donors (Lipinski definition) is 1. The van der Waals surface area contributed by atoms with Crippen molar-refractivity contribution in [2.24, 2.45) is 5.92 Å². The molecular formula is C16H23NO3. The number of amides is 1. The van der Waals surface area contributed by atoms with Gasteiger partial charge >= 0.3 is 6.09 Å². The Kier molecular flexibility index (Phi) is 4.33. The smallest absolute Gasteiger partial charge is 0.410 e. The second-order valence-corrected chi connectivity index (χ2v) is 6.35. The van der Waals surface area contributed by atoms with Gasteiger partial charge in [0, 0.05) is 31.5 Å². The lowest BCUT2D eigenvalue weighted by molar-refractivity contribution is 0.0283. The summed E-state index contributed by atoms with van der Waals surface area (Å²) in [5.41, 5.74) is 0.675. The number of nitrogens with zero attached hydrogens (tertiary/aromatic N) is 1. The van der Waals surface area contributed by atoms with E-state index in [-0.39, 0.29) is 24.5 Å². The molecule has 0 bridgehead atoms. The van der Waals surface area contributed by atoms with Gasteiger partial charge in [0.25, 0.3) is 0 Å². The highest BCUT2D eigenvalue weighted by Crippen LogP contribution is 2.33. The van der Waals surface area contributed by atoms with Gasteiger partial charge in [-0.25, -0.2) is 4.79 Å². The van der Waals surface area contributed by atoms with E-state index < -0.39 is 5.60 Å². The zero-order valence-corrected chi connectivity index (χ0v) is 12.4. The second kappa shape index (κ2) is 5.83. The van der Waals surface area contributed by atoms with Crippen molar-refractivity contribution in [2.45, 2.75) is 32.3 Å². The van der Waals surface area contributed by atoms with Crippen molar-refractivity contribution in [3.8, 4) is 0 Å². The minimum Gasteiger partial charge on any atom is -0.444 e. The molecule has 1 fully saturated rings. The lowest BCUT2D eigenvalue weighted by Gasteiger charge is -2.24. The van der Waals surface area contributed by atoms with E-state index in [4.69, 9.17) is 4.74 Å². The topological polar surface area (TPSA) is 49.8 Å². The molecule has 110 valence electrons. The molecule has 4 heteroatoms. The average Bonchev–Trinajstić information content (AvgIpc) is 2.82. The van der Waals surface area contributed by atoms with Crippen molar-refractivity contribution >= 4 is 6.09 Å². The Morgan fingerprint density at radius 1 is 1.30 bits per heavy atom. The molecule has 1 aromatic rings. The fraction of sp³-hybridized carbons (Fsp3) is 0.562. The molecule has 1 aliphatic heterocycles. The van der Waals surface area contributed by atoms with Crippen LogP contribution in [0.1, 0.15) is 32.3 Å². The molecule has 0 aliphatic carbocycles. The quantitative estimate of drug-likeness (QED) is 0.904. The van der Waals surface area contributed by atoms with Crippen molar-refractivity contribution in [1.29, 1.82) is 0 Å². The normalized spacial score (nSPS) is 22.9. The Hall–Kier alpha value is -1.55. The maximum atomic E-state index is 12.1. The van der Waals surface area contributed by atoms with Crippen LogP contribution >= 0.6 is 0 Å². The SMILES string of the molecule is CC(C)(C)OC(=O)N1C[C@@H](CO)[C@H](c2ccccc2)C1. The highest BCUT2D eigenvalue weighted by atomic mass is 16.6. The van der Waals surface area contributed by atoms with Crippen LogP contribution in [0.25, 0.3) is 0 Å². The van der Waals surface area contributed by atoms with Gasteiger partial charge < -0.3 is 14.7 Å². The van der Waals surface area contributed by atoms with E-state index in [1.807, 2.05) is 51.1 Å². The monoisotopic (exact) mass is 277 g/mol. The molecule has 1 heterocycles. The fourth-order valence-corrected chi connectivity index (χ4v) is 2.61. The van der Waals surface area contributed by atoms with Crippen LogP contribution in [0.4, 0.5) is 4.79 Å². The molecule has 0 aromatic heterocycles. The summed E-state index contributed by atoms with van der Waals surface area (Å²) in [7, 11) is 0. The van der Waals surface area contributed by atoms with Crippen LogP contribution < -0.4 is 0 Å². The van der Waals surface area contributed by atoms with E-state index in [0.29, 0.717) is 13.1 Å². The number of benzene rings is 1. The Morgan fingerprint density at radius 3 is 2.50 bits per heavy atom. The van der Waals surface area contributed by atoms with E-state index in [1.165, 1.54) is 0 Å². The third-order valence-electron chi connectivity index (χ3n) is 3.55. The summed E-state index contributed by atoms with van der Waals surface area (Å²) in [6, 6.07) is 10.0. The fourth-order valence-electron chi connectivity index (χ4n) is 2.61. The molecule has 2 rings (SSSR count). The number of carbonyl (C=O) groups excluding carboxylic acids is 1. The molecule has 0 saturated carbocycles. The average molecular weight is 277 g/mol. The molecular weight excluding hydrogens is 254 g/mol. The van der Waals surface area contributed by atoms with Crippen LogP contribution in [0.2, 0.25) is 0 Å². The van der Waals surface area contributed by atoms with Crippen LogP contribution in [-0.2, 0) is 4.74 Å². The summed E-state index contributed by atoms with van der Waals surface area (Å²) >= 11 is 0. The van der Waals surface area contributed by atoms with E-state index in [2.05, 4.69) is 0 Å².